The lowest BCUT2D eigenvalue weighted by atomic mass is 10.2. The van der Waals surface area contributed by atoms with E-state index >= 15 is 0 Å². The molecule has 1 heterocycles. The summed E-state index contributed by atoms with van der Waals surface area (Å²) in [6.45, 7) is 3.79. The Balaban J connectivity index is 2.34. The zero-order valence-corrected chi connectivity index (χ0v) is 9.13. The molecule has 0 fully saturated rings. The van der Waals surface area contributed by atoms with Gasteiger partial charge in [-0.25, -0.2) is 0 Å². The molecule has 0 amide bonds. The Kier molecular flexibility index (Phi) is 2.84. The third-order valence-electron chi connectivity index (χ3n) is 1.75. The van der Waals surface area contributed by atoms with Crippen LogP contribution in [0.25, 0.3) is 10.6 Å². The van der Waals surface area contributed by atoms with Gasteiger partial charge >= 0.3 is 0 Å². The van der Waals surface area contributed by atoms with Gasteiger partial charge in [0.15, 0.2) is 0 Å². The van der Waals surface area contributed by atoms with Crippen molar-refractivity contribution >= 4 is 24.0 Å². The third kappa shape index (κ3) is 1.96. The highest BCUT2D eigenvalue weighted by Crippen LogP contribution is 2.28. The van der Waals surface area contributed by atoms with Crippen molar-refractivity contribution in [3.05, 3.63) is 42.3 Å². The van der Waals surface area contributed by atoms with Crippen molar-refractivity contribution in [2.24, 2.45) is 0 Å². The Morgan fingerprint density at radius 3 is 2.50 bits per heavy atom. The molecule has 2 aromatic rings. The molecule has 1 aromatic carbocycles. The molecule has 1 radical (unpaired) electrons. The van der Waals surface area contributed by atoms with E-state index < -0.39 is 0 Å². The van der Waals surface area contributed by atoms with E-state index in [2.05, 4.69) is 29.7 Å². The van der Waals surface area contributed by atoms with Crippen LogP contribution in [0.15, 0.2) is 30.3 Å². The van der Waals surface area contributed by atoms with Crippen molar-refractivity contribution in [3.8, 4) is 10.6 Å². The average molecular weight is 221 g/mol. The lowest BCUT2D eigenvalue weighted by Gasteiger charge is -1.93. The van der Waals surface area contributed by atoms with Crippen LogP contribution >= 0.6 is 24.0 Å². The van der Waals surface area contributed by atoms with Crippen LogP contribution in [0.1, 0.15) is 10.3 Å². The first-order valence-electron chi connectivity index (χ1n) is 4.17. The second-order valence-electron chi connectivity index (χ2n) is 2.83. The maximum absolute atomic E-state index is 4.21. The van der Waals surface area contributed by atoms with Crippen LogP contribution in [0.2, 0.25) is 0 Å². The highest BCUT2D eigenvalue weighted by molar-refractivity contribution is 7.80. The summed E-state index contributed by atoms with van der Waals surface area (Å²) in [5, 5.41) is 9.79. The van der Waals surface area contributed by atoms with Gasteiger partial charge in [0.1, 0.15) is 10.0 Å². The van der Waals surface area contributed by atoms with E-state index in [0.717, 1.165) is 15.6 Å². The summed E-state index contributed by atoms with van der Waals surface area (Å²) in [5.41, 5.74) is 1.09. The minimum atomic E-state index is -0.0926. The Hall–Kier alpha value is -0.870. The van der Waals surface area contributed by atoms with Crippen LogP contribution in [0, 0.1) is 6.92 Å². The molecule has 71 valence electrons. The van der Waals surface area contributed by atoms with Crippen molar-refractivity contribution in [1.29, 1.82) is 0 Å². The van der Waals surface area contributed by atoms with Gasteiger partial charge in [0.2, 0.25) is 0 Å². The molecule has 0 N–H and O–H groups in total. The Morgan fingerprint density at radius 2 is 1.93 bits per heavy atom. The Labute approximate surface area is 92.4 Å². The molecule has 4 heteroatoms. The molecule has 0 spiro atoms. The van der Waals surface area contributed by atoms with Gasteiger partial charge in [-0.15, -0.1) is 10.2 Å². The molecule has 2 rings (SSSR count). The second kappa shape index (κ2) is 4.11. The predicted octanol–water partition coefficient (Wildman–Crippen LogP) is 3.01. The number of hydrogen-bond acceptors (Lipinski definition) is 4. The molecular weight excluding hydrogens is 212 g/mol. The van der Waals surface area contributed by atoms with Gasteiger partial charge in [-0.3, -0.25) is 0 Å². The summed E-state index contributed by atoms with van der Waals surface area (Å²) >= 11 is 5.74. The van der Waals surface area contributed by atoms with E-state index in [1.807, 2.05) is 30.3 Å². The summed E-state index contributed by atoms with van der Waals surface area (Å²) in [7, 11) is 0. The van der Waals surface area contributed by atoms with Crippen LogP contribution in [-0.2, 0) is 0 Å². The standard InChI is InChI=1S/C10H9N2S2/c1-7(13)9-11-12-10(14-9)8-5-3-2-4-6-8/h2-7,13H,1H2. The normalized spacial score (nSPS) is 12.7. The van der Waals surface area contributed by atoms with Gasteiger partial charge in [-0.1, -0.05) is 41.7 Å². The molecule has 0 aliphatic heterocycles. The first-order chi connectivity index (χ1) is 6.77. The Morgan fingerprint density at radius 1 is 1.21 bits per heavy atom. The Bertz CT molecular complexity index is 409. The molecule has 0 saturated carbocycles. The first-order valence-corrected chi connectivity index (χ1v) is 5.50. The lowest BCUT2D eigenvalue weighted by Crippen LogP contribution is -1.81. The molecule has 1 atom stereocenters. The quantitative estimate of drug-likeness (QED) is 0.789. The number of rotatable bonds is 2. The van der Waals surface area contributed by atoms with Crippen LogP contribution in [0.4, 0.5) is 0 Å². The molecular formula is C10H9N2S2. The van der Waals surface area contributed by atoms with Crippen LogP contribution in [-0.4, -0.2) is 10.2 Å². The van der Waals surface area contributed by atoms with Crippen molar-refractivity contribution in [2.45, 2.75) is 5.25 Å². The third-order valence-corrected chi connectivity index (χ3v) is 3.25. The molecule has 0 bridgehead atoms. The van der Waals surface area contributed by atoms with Gasteiger partial charge in [-0.2, -0.15) is 12.6 Å². The number of benzene rings is 1. The van der Waals surface area contributed by atoms with Crippen molar-refractivity contribution in [1.82, 2.24) is 10.2 Å². The average Bonchev–Trinajstić information content (AvgIpc) is 2.68. The van der Waals surface area contributed by atoms with Crippen LogP contribution < -0.4 is 0 Å². The second-order valence-corrected chi connectivity index (χ2v) is 4.46. The predicted molar refractivity (Wildman–Crippen MR) is 62.4 cm³/mol. The van der Waals surface area contributed by atoms with Crippen molar-refractivity contribution in [3.63, 3.8) is 0 Å². The zero-order chi connectivity index (χ0) is 9.97. The molecule has 1 aromatic heterocycles. The lowest BCUT2D eigenvalue weighted by molar-refractivity contribution is 1.01. The molecule has 1 unspecified atom stereocenters. The maximum atomic E-state index is 4.21. The number of nitrogens with zero attached hydrogens (tertiary/aromatic N) is 2. The minimum Gasteiger partial charge on any atom is -0.168 e. The van der Waals surface area contributed by atoms with Gasteiger partial charge in [-0.05, 0) is 6.92 Å². The summed E-state index contributed by atoms with van der Waals surface area (Å²) < 4.78 is 0. The first kappa shape index (κ1) is 9.68. The maximum Gasteiger partial charge on any atom is 0.147 e. The zero-order valence-electron chi connectivity index (χ0n) is 7.42. The number of thiol groups is 1. The van der Waals surface area contributed by atoms with Crippen LogP contribution in [0.5, 0.6) is 0 Å². The van der Waals surface area contributed by atoms with Gasteiger partial charge in [0.25, 0.3) is 0 Å². The summed E-state index contributed by atoms with van der Waals surface area (Å²) in [6.07, 6.45) is 0. The van der Waals surface area contributed by atoms with E-state index in [1.54, 1.807) is 0 Å². The van der Waals surface area contributed by atoms with Crippen molar-refractivity contribution in [2.75, 3.05) is 0 Å². The number of aromatic nitrogens is 2. The summed E-state index contributed by atoms with van der Waals surface area (Å²) in [4.78, 5) is 0. The molecule has 14 heavy (non-hydrogen) atoms. The van der Waals surface area contributed by atoms with Crippen LogP contribution in [0.3, 0.4) is 0 Å². The smallest absolute Gasteiger partial charge is 0.147 e. The van der Waals surface area contributed by atoms with E-state index in [0.29, 0.717) is 0 Å². The largest absolute Gasteiger partial charge is 0.168 e. The van der Waals surface area contributed by atoms with Gasteiger partial charge < -0.3 is 0 Å². The monoisotopic (exact) mass is 221 g/mol. The van der Waals surface area contributed by atoms with Gasteiger partial charge in [0.05, 0.1) is 5.25 Å². The highest BCUT2D eigenvalue weighted by atomic mass is 32.1. The summed E-state index contributed by atoms with van der Waals surface area (Å²) in [6, 6.07) is 9.98. The molecule has 0 saturated heterocycles. The topological polar surface area (TPSA) is 25.8 Å². The molecule has 2 nitrogen and oxygen atoms in total. The number of hydrogen-bond donors (Lipinski definition) is 1. The fourth-order valence-electron chi connectivity index (χ4n) is 1.07. The van der Waals surface area contributed by atoms with Crippen molar-refractivity contribution < 1.29 is 0 Å². The van der Waals surface area contributed by atoms with E-state index in [1.165, 1.54) is 11.3 Å². The molecule has 0 aliphatic carbocycles. The van der Waals surface area contributed by atoms with Gasteiger partial charge in [0, 0.05) is 5.56 Å². The van der Waals surface area contributed by atoms with E-state index in [-0.39, 0.29) is 5.25 Å². The summed E-state index contributed by atoms with van der Waals surface area (Å²) in [5.74, 6) is 0. The molecule has 0 aliphatic rings. The van der Waals surface area contributed by atoms with E-state index in [4.69, 9.17) is 0 Å². The fraction of sp³-hybridized carbons (Fsp3) is 0.100. The highest BCUT2D eigenvalue weighted by Gasteiger charge is 2.08. The minimum absolute atomic E-state index is 0.0926. The SMILES string of the molecule is [CH2]C(S)c1nnc(-c2ccccc2)s1. The van der Waals surface area contributed by atoms with E-state index in [9.17, 15) is 0 Å². The fourth-order valence-corrected chi connectivity index (χ4v) is 2.03.